The molecule has 0 aliphatic heterocycles. The van der Waals surface area contributed by atoms with Crippen LogP contribution < -0.4 is 11.1 Å². The van der Waals surface area contributed by atoms with E-state index in [1.54, 1.807) is 66.7 Å². The molecule has 170 valence electrons. The van der Waals surface area contributed by atoms with Gasteiger partial charge in [-0.15, -0.1) is 4.28 Å². The molecule has 4 N–H and O–H groups in total. The van der Waals surface area contributed by atoms with E-state index in [0.29, 0.717) is 33.0 Å². The Labute approximate surface area is 191 Å². The zero-order valence-corrected chi connectivity index (χ0v) is 18.7. The minimum atomic E-state index is -3.90. The lowest BCUT2D eigenvalue weighted by Gasteiger charge is -2.18. The fourth-order valence-corrected chi connectivity index (χ4v) is 3.63. The van der Waals surface area contributed by atoms with Crippen molar-refractivity contribution >= 4 is 33.5 Å². The molecule has 3 rings (SSSR count). The molecular formula is C23H22N4O5S. The molecule has 0 aliphatic carbocycles. The van der Waals surface area contributed by atoms with Crippen molar-refractivity contribution in [3.63, 3.8) is 0 Å². The Hall–Kier alpha value is -4.02. The molecule has 0 bridgehead atoms. The summed E-state index contributed by atoms with van der Waals surface area (Å²) in [5.41, 5.74) is 7.87. The van der Waals surface area contributed by atoms with Crippen molar-refractivity contribution in [1.82, 2.24) is 5.06 Å². The highest BCUT2D eigenvalue weighted by molar-refractivity contribution is 7.85. The highest BCUT2D eigenvalue weighted by Crippen LogP contribution is 2.29. The molecule has 3 aromatic rings. The average Bonchev–Trinajstić information content (AvgIpc) is 2.77. The third kappa shape index (κ3) is 5.82. The molecule has 0 unspecified atom stereocenters. The number of rotatable bonds is 7. The van der Waals surface area contributed by atoms with Gasteiger partial charge < -0.3 is 11.1 Å². The molecule has 0 saturated heterocycles. The average molecular weight is 467 g/mol. The Morgan fingerprint density at radius 1 is 0.909 bits per heavy atom. The molecule has 9 nitrogen and oxygen atoms in total. The van der Waals surface area contributed by atoms with Crippen molar-refractivity contribution in [2.24, 2.45) is 5.73 Å². The molecule has 0 radical (unpaired) electrons. The Morgan fingerprint density at radius 2 is 1.42 bits per heavy atom. The van der Waals surface area contributed by atoms with Crippen LogP contribution in [0, 0.1) is 5.41 Å². The first-order chi connectivity index (χ1) is 15.6. The van der Waals surface area contributed by atoms with Crippen LogP contribution in [0.5, 0.6) is 0 Å². The first-order valence-electron chi connectivity index (χ1n) is 9.68. The summed E-state index contributed by atoms with van der Waals surface area (Å²) in [7, 11) is -2.70. The minimum absolute atomic E-state index is 0.0793. The third-order valence-electron chi connectivity index (χ3n) is 4.61. The van der Waals surface area contributed by atoms with Gasteiger partial charge in [-0.3, -0.25) is 15.0 Å². The lowest BCUT2D eigenvalue weighted by Crippen LogP contribution is -2.30. The number of carbonyl (C=O) groups is 2. The molecule has 0 saturated carbocycles. The summed E-state index contributed by atoms with van der Waals surface area (Å²) < 4.78 is 27.5. The van der Waals surface area contributed by atoms with Crippen LogP contribution >= 0.6 is 0 Å². The fraction of sp³-hybridized carbons (Fsp3) is 0.0870. The number of amides is 2. The zero-order chi connectivity index (χ0) is 24.2. The van der Waals surface area contributed by atoms with Gasteiger partial charge in [-0.1, -0.05) is 36.4 Å². The van der Waals surface area contributed by atoms with E-state index in [1.807, 2.05) is 0 Å². The van der Waals surface area contributed by atoms with Crippen LogP contribution in [0.1, 0.15) is 26.3 Å². The van der Waals surface area contributed by atoms with Crippen LogP contribution in [0.4, 0.5) is 5.69 Å². The van der Waals surface area contributed by atoms with Crippen LogP contribution in [0.15, 0.2) is 72.8 Å². The summed E-state index contributed by atoms with van der Waals surface area (Å²) in [6.45, 7) is 0. The van der Waals surface area contributed by atoms with E-state index in [-0.39, 0.29) is 11.4 Å². The number of amidine groups is 1. The third-order valence-corrected chi connectivity index (χ3v) is 5.10. The van der Waals surface area contributed by atoms with Crippen molar-refractivity contribution < 1.29 is 22.3 Å². The monoisotopic (exact) mass is 466 g/mol. The van der Waals surface area contributed by atoms with Crippen LogP contribution in [0.2, 0.25) is 0 Å². The lowest BCUT2D eigenvalue weighted by molar-refractivity contribution is -0.00801. The van der Waals surface area contributed by atoms with Crippen molar-refractivity contribution in [2.75, 3.05) is 18.6 Å². The highest BCUT2D eigenvalue weighted by Gasteiger charge is 2.22. The van der Waals surface area contributed by atoms with Gasteiger partial charge in [0.2, 0.25) is 0 Å². The van der Waals surface area contributed by atoms with E-state index in [2.05, 4.69) is 9.60 Å². The van der Waals surface area contributed by atoms with Gasteiger partial charge in [0, 0.05) is 29.4 Å². The van der Waals surface area contributed by atoms with Crippen molar-refractivity contribution in [1.29, 1.82) is 5.41 Å². The van der Waals surface area contributed by atoms with E-state index in [1.165, 1.54) is 13.1 Å². The van der Waals surface area contributed by atoms with Gasteiger partial charge in [-0.25, -0.2) is 5.06 Å². The second kappa shape index (κ2) is 9.63. The predicted molar refractivity (Wildman–Crippen MR) is 125 cm³/mol. The maximum atomic E-state index is 13.1. The lowest BCUT2D eigenvalue weighted by atomic mass is 9.94. The molecular weight excluding hydrogens is 444 g/mol. The summed E-state index contributed by atoms with van der Waals surface area (Å²) in [5.74, 6) is -1.18. The summed E-state index contributed by atoms with van der Waals surface area (Å²) >= 11 is 0. The number of hydrogen-bond donors (Lipinski definition) is 3. The molecule has 0 spiro atoms. The van der Waals surface area contributed by atoms with Gasteiger partial charge in [-0.2, -0.15) is 8.42 Å². The van der Waals surface area contributed by atoms with Crippen LogP contribution in [-0.2, 0) is 14.4 Å². The SMILES string of the molecule is CN(OS(C)(=O)=O)C(=O)c1ccccc1-c1ccccc1C(=O)Nc1ccc(C(=N)N)cc1. The first kappa shape index (κ1) is 23.6. The molecule has 33 heavy (non-hydrogen) atoms. The number of nitrogens with zero attached hydrogens (tertiary/aromatic N) is 1. The standard InChI is InChI=1S/C23H22N4O5S/c1-27(32-33(2,30)31)23(29)20-10-6-4-8-18(20)17-7-3-5-9-19(17)22(28)26-16-13-11-15(12-14-16)21(24)25/h3-14H,1-2H3,(H3,24,25)(H,26,28). The molecule has 3 aromatic carbocycles. The fourth-order valence-electron chi connectivity index (χ4n) is 3.16. The van der Waals surface area contributed by atoms with Gasteiger partial charge in [-0.05, 0) is 47.5 Å². The van der Waals surface area contributed by atoms with Crippen molar-refractivity contribution in [3.05, 3.63) is 89.5 Å². The van der Waals surface area contributed by atoms with Gasteiger partial charge in [0.05, 0.1) is 6.26 Å². The molecule has 0 aliphatic rings. The number of anilines is 1. The quantitative estimate of drug-likeness (QED) is 0.278. The normalized spacial score (nSPS) is 11.0. The second-order valence-electron chi connectivity index (χ2n) is 7.12. The largest absolute Gasteiger partial charge is 0.384 e. The van der Waals surface area contributed by atoms with Gasteiger partial charge in [0.25, 0.3) is 21.9 Å². The summed E-state index contributed by atoms with van der Waals surface area (Å²) in [6, 6.07) is 19.8. The maximum Gasteiger partial charge on any atom is 0.285 e. The minimum Gasteiger partial charge on any atom is -0.384 e. The van der Waals surface area contributed by atoms with E-state index < -0.39 is 21.9 Å². The van der Waals surface area contributed by atoms with Gasteiger partial charge in [0.1, 0.15) is 5.84 Å². The van der Waals surface area contributed by atoms with Crippen LogP contribution in [0.3, 0.4) is 0 Å². The van der Waals surface area contributed by atoms with E-state index in [0.717, 1.165) is 6.26 Å². The van der Waals surface area contributed by atoms with Gasteiger partial charge >= 0.3 is 0 Å². The number of hydrogen-bond acceptors (Lipinski definition) is 6. The summed E-state index contributed by atoms with van der Waals surface area (Å²) in [5, 5.41) is 10.9. The van der Waals surface area contributed by atoms with Crippen molar-refractivity contribution in [3.8, 4) is 11.1 Å². The molecule has 0 atom stereocenters. The zero-order valence-electron chi connectivity index (χ0n) is 17.9. The van der Waals surface area contributed by atoms with E-state index >= 15 is 0 Å². The second-order valence-corrected chi connectivity index (χ2v) is 8.67. The topological polar surface area (TPSA) is 143 Å². The van der Waals surface area contributed by atoms with Gasteiger partial charge in [0.15, 0.2) is 0 Å². The Kier molecular flexibility index (Phi) is 6.90. The number of nitrogens with one attached hydrogen (secondary N) is 2. The number of nitrogens with two attached hydrogens (primary N) is 1. The first-order valence-corrected chi connectivity index (χ1v) is 11.5. The molecule has 10 heteroatoms. The number of benzene rings is 3. The van der Waals surface area contributed by atoms with E-state index in [4.69, 9.17) is 11.1 Å². The maximum absolute atomic E-state index is 13.1. The number of nitrogen functional groups attached to an aromatic ring is 1. The Morgan fingerprint density at radius 3 is 1.97 bits per heavy atom. The van der Waals surface area contributed by atoms with Crippen LogP contribution in [-0.4, -0.2) is 44.4 Å². The molecule has 2 amide bonds. The van der Waals surface area contributed by atoms with Crippen LogP contribution in [0.25, 0.3) is 11.1 Å². The van der Waals surface area contributed by atoms with Crippen molar-refractivity contribution in [2.45, 2.75) is 0 Å². The molecule has 0 aromatic heterocycles. The Balaban J connectivity index is 1.96. The highest BCUT2D eigenvalue weighted by atomic mass is 32.2. The number of carbonyl (C=O) groups excluding carboxylic acids is 2. The summed E-state index contributed by atoms with van der Waals surface area (Å²) in [6.07, 6.45) is 0.839. The summed E-state index contributed by atoms with van der Waals surface area (Å²) in [4.78, 5) is 25.9. The predicted octanol–water partition coefficient (Wildman–Crippen LogP) is 2.85. The smallest absolute Gasteiger partial charge is 0.285 e. The Bertz CT molecular complexity index is 1320. The van der Waals surface area contributed by atoms with E-state index in [9.17, 15) is 18.0 Å². The molecule has 0 heterocycles. The molecule has 0 fully saturated rings. The number of hydroxylamine groups is 2.